The monoisotopic (exact) mass is 386 g/mol. The largest absolute Gasteiger partial charge is 0.484 e. The van der Waals surface area contributed by atoms with E-state index in [2.05, 4.69) is 27.9 Å². The van der Waals surface area contributed by atoms with Crippen molar-refractivity contribution in [3.8, 4) is 5.75 Å². The summed E-state index contributed by atoms with van der Waals surface area (Å²) in [5.74, 6) is 1.56. The van der Waals surface area contributed by atoms with Crippen molar-refractivity contribution >= 4 is 11.9 Å². The Balaban J connectivity index is 1.33. The zero-order valence-corrected chi connectivity index (χ0v) is 17.2. The first-order valence-electron chi connectivity index (χ1n) is 10.6. The Morgan fingerprint density at radius 2 is 1.96 bits per heavy atom. The number of hydrogen-bond donors (Lipinski definition) is 3. The summed E-state index contributed by atoms with van der Waals surface area (Å²) >= 11 is 0. The van der Waals surface area contributed by atoms with Crippen LogP contribution >= 0.6 is 0 Å². The van der Waals surface area contributed by atoms with E-state index in [-0.39, 0.29) is 12.5 Å². The summed E-state index contributed by atoms with van der Waals surface area (Å²) in [6.45, 7) is 4.19. The van der Waals surface area contributed by atoms with Crippen LogP contribution in [-0.4, -0.2) is 44.7 Å². The summed E-state index contributed by atoms with van der Waals surface area (Å²) < 4.78 is 5.55. The number of ether oxygens (including phenoxy) is 1. The smallest absolute Gasteiger partial charge is 0.258 e. The number of rotatable bonds is 10. The molecule has 0 aliphatic heterocycles. The lowest BCUT2D eigenvalue weighted by Gasteiger charge is -2.41. The second-order valence-corrected chi connectivity index (χ2v) is 8.08. The average Bonchev–Trinajstić information content (AvgIpc) is 3.49. The van der Waals surface area contributed by atoms with Crippen molar-refractivity contribution < 1.29 is 9.53 Å². The third-order valence-electron chi connectivity index (χ3n) is 5.96. The first-order chi connectivity index (χ1) is 13.6. The Kier molecular flexibility index (Phi) is 7.18. The van der Waals surface area contributed by atoms with Gasteiger partial charge >= 0.3 is 0 Å². The molecule has 1 aromatic carbocycles. The molecule has 0 bridgehead atoms. The number of nitrogens with zero attached hydrogens (tertiary/aromatic N) is 1. The van der Waals surface area contributed by atoms with Gasteiger partial charge in [0.25, 0.3) is 5.91 Å². The van der Waals surface area contributed by atoms with E-state index >= 15 is 0 Å². The lowest BCUT2D eigenvalue weighted by atomic mass is 9.67. The molecule has 0 spiro atoms. The molecule has 2 fully saturated rings. The fourth-order valence-electron chi connectivity index (χ4n) is 3.55. The molecule has 0 unspecified atom stereocenters. The minimum absolute atomic E-state index is 0.0404. The Bertz CT molecular complexity index is 658. The maximum absolute atomic E-state index is 11.7. The normalized spacial score (nSPS) is 18.1. The Hall–Kier alpha value is -2.24. The first-order valence-corrected chi connectivity index (χ1v) is 10.6. The lowest BCUT2D eigenvalue weighted by molar-refractivity contribution is -0.123. The van der Waals surface area contributed by atoms with Gasteiger partial charge in [-0.05, 0) is 61.6 Å². The first kappa shape index (κ1) is 20.5. The third kappa shape index (κ3) is 6.14. The van der Waals surface area contributed by atoms with Crippen molar-refractivity contribution in [3.05, 3.63) is 29.8 Å². The summed E-state index contributed by atoms with van der Waals surface area (Å²) in [5.41, 5.74) is 1.70. The van der Waals surface area contributed by atoms with E-state index in [1.165, 1.54) is 31.2 Å². The van der Waals surface area contributed by atoms with Crippen molar-refractivity contribution in [2.45, 2.75) is 57.9 Å². The summed E-state index contributed by atoms with van der Waals surface area (Å²) in [7, 11) is 1.82. The molecule has 1 amide bonds. The minimum atomic E-state index is -0.0404. The van der Waals surface area contributed by atoms with E-state index < -0.39 is 0 Å². The van der Waals surface area contributed by atoms with E-state index in [1.54, 1.807) is 0 Å². The highest BCUT2D eigenvalue weighted by Crippen LogP contribution is 2.42. The molecular formula is C22H34N4O2. The molecule has 0 heterocycles. The van der Waals surface area contributed by atoms with Gasteiger partial charge in [-0.3, -0.25) is 9.79 Å². The molecule has 2 aliphatic carbocycles. The number of benzene rings is 1. The average molecular weight is 387 g/mol. The highest BCUT2D eigenvalue weighted by atomic mass is 16.5. The molecule has 28 heavy (non-hydrogen) atoms. The number of nitrogens with one attached hydrogen (secondary N) is 3. The van der Waals surface area contributed by atoms with Crippen molar-refractivity contribution in [2.75, 3.05) is 26.7 Å². The van der Waals surface area contributed by atoms with Crippen LogP contribution in [0.3, 0.4) is 0 Å². The van der Waals surface area contributed by atoms with Crippen LogP contribution in [0.15, 0.2) is 29.3 Å². The minimum Gasteiger partial charge on any atom is -0.484 e. The molecule has 2 saturated carbocycles. The summed E-state index contributed by atoms with van der Waals surface area (Å²) in [4.78, 5) is 16.0. The van der Waals surface area contributed by atoms with E-state index in [1.807, 2.05) is 31.3 Å². The zero-order chi connectivity index (χ0) is 19.8. The molecule has 3 rings (SSSR count). The SMILES string of the molecule is CCC1(CNC(=NC)NCCc2ccc(OCC(=O)NC3CC3)cc2)CCC1. The molecule has 6 heteroatoms. The van der Waals surface area contributed by atoms with Crippen LogP contribution in [-0.2, 0) is 11.2 Å². The topological polar surface area (TPSA) is 74.8 Å². The van der Waals surface area contributed by atoms with E-state index in [0.29, 0.717) is 11.5 Å². The maximum Gasteiger partial charge on any atom is 0.258 e. The van der Waals surface area contributed by atoms with Crippen LogP contribution in [0.2, 0.25) is 0 Å². The number of hydrogen-bond acceptors (Lipinski definition) is 3. The van der Waals surface area contributed by atoms with Gasteiger partial charge in [-0.2, -0.15) is 0 Å². The third-order valence-corrected chi connectivity index (χ3v) is 5.96. The van der Waals surface area contributed by atoms with Gasteiger partial charge in [0.15, 0.2) is 12.6 Å². The Labute approximate surface area is 168 Å². The van der Waals surface area contributed by atoms with E-state index in [0.717, 1.165) is 44.1 Å². The van der Waals surface area contributed by atoms with Crippen LogP contribution in [0.4, 0.5) is 0 Å². The summed E-state index contributed by atoms with van der Waals surface area (Å²) in [6.07, 6.45) is 8.32. The van der Waals surface area contributed by atoms with Crippen LogP contribution in [0.1, 0.15) is 51.0 Å². The quantitative estimate of drug-likeness (QED) is 0.427. The molecule has 0 aromatic heterocycles. The number of amides is 1. The van der Waals surface area contributed by atoms with Gasteiger partial charge in [-0.1, -0.05) is 25.5 Å². The van der Waals surface area contributed by atoms with Crippen LogP contribution < -0.4 is 20.7 Å². The zero-order valence-electron chi connectivity index (χ0n) is 17.2. The predicted molar refractivity (Wildman–Crippen MR) is 113 cm³/mol. The second-order valence-electron chi connectivity index (χ2n) is 8.08. The summed E-state index contributed by atoms with van der Waals surface area (Å²) in [6, 6.07) is 8.32. The van der Waals surface area contributed by atoms with Crippen LogP contribution in [0.25, 0.3) is 0 Å². The van der Waals surface area contributed by atoms with Crippen molar-refractivity contribution in [1.82, 2.24) is 16.0 Å². The van der Waals surface area contributed by atoms with Gasteiger partial charge in [0.2, 0.25) is 0 Å². The number of aliphatic imine (C=N–C) groups is 1. The molecule has 3 N–H and O–H groups in total. The predicted octanol–water partition coefficient (Wildman–Crippen LogP) is 2.63. The van der Waals surface area contributed by atoms with Crippen molar-refractivity contribution in [3.63, 3.8) is 0 Å². The van der Waals surface area contributed by atoms with Crippen LogP contribution in [0.5, 0.6) is 5.75 Å². The molecule has 154 valence electrons. The fraction of sp³-hybridized carbons (Fsp3) is 0.636. The van der Waals surface area contributed by atoms with Gasteiger partial charge < -0.3 is 20.7 Å². The van der Waals surface area contributed by atoms with Gasteiger partial charge in [0, 0.05) is 26.2 Å². The van der Waals surface area contributed by atoms with Gasteiger partial charge in [0.05, 0.1) is 0 Å². The fourth-order valence-corrected chi connectivity index (χ4v) is 3.55. The molecular weight excluding hydrogens is 352 g/mol. The standard InChI is InChI=1S/C22H34N4O2/c1-3-22(12-4-13-22)16-25-21(23-2)24-14-11-17-5-9-19(10-6-17)28-15-20(27)26-18-7-8-18/h5-6,9-10,18H,3-4,7-8,11-16H2,1-2H3,(H,26,27)(H2,23,24,25). The number of carbonyl (C=O) groups excluding carboxylic acids is 1. The van der Waals surface area contributed by atoms with Crippen molar-refractivity contribution in [1.29, 1.82) is 0 Å². The molecule has 2 aliphatic rings. The van der Waals surface area contributed by atoms with Gasteiger partial charge in [-0.25, -0.2) is 0 Å². The number of carbonyl (C=O) groups is 1. The molecule has 0 atom stereocenters. The van der Waals surface area contributed by atoms with Crippen molar-refractivity contribution in [2.24, 2.45) is 10.4 Å². The van der Waals surface area contributed by atoms with E-state index in [4.69, 9.17) is 4.74 Å². The van der Waals surface area contributed by atoms with Gasteiger partial charge in [-0.15, -0.1) is 0 Å². The molecule has 1 aromatic rings. The molecule has 0 saturated heterocycles. The maximum atomic E-state index is 11.7. The van der Waals surface area contributed by atoms with E-state index in [9.17, 15) is 4.79 Å². The Morgan fingerprint density at radius 1 is 1.21 bits per heavy atom. The highest BCUT2D eigenvalue weighted by molar-refractivity contribution is 5.79. The van der Waals surface area contributed by atoms with Crippen LogP contribution in [0, 0.1) is 5.41 Å². The van der Waals surface area contributed by atoms with Gasteiger partial charge in [0.1, 0.15) is 5.75 Å². The molecule has 0 radical (unpaired) electrons. The molecule has 6 nitrogen and oxygen atoms in total. The highest BCUT2D eigenvalue weighted by Gasteiger charge is 2.34. The second kappa shape index (κ2) is 9.80. The Morgan fingerprint density at radius 3 is 2.54 bits per heavy atom. The summed E-state index contributed by atoms with van der Waals surface area (Å²) in [5, 5.41) is 9.80. The number of guanidine groups is 1. The lowest BCUT2D eigenvalue weighted by Crippen LogP contribution is -2.46.